The number of amides is 1. The number of halogens is 1. The number of para-hydroxylation sites is 2. The van der Waals surface area contributed by atoms with Crippen LogP contribution in [0.4, 0.5) is 5.69 Å². The van der Waals surface area contributed by atoms with Crippen LogP contribution in [0.2, 0.25) is 0 Å². The summed E-state index contributed by atoms with van der Waals surface area (Å²) >= 11 is 10.3. The van der Waals surface area contributed by atoms with Gasteiger partial charge in [-0.1, -0.05) is 54.3 Å². The lowest BCUT2D eigenvalue weighted by Gasteiger charge is -2.15. The van der Waals surface area contributed by atoms with E-state index in [0.717, 1.165) is 26.6 Å². The fourth-order valence-corrected chi connectivity index (χ4v) is 4.68. The van der Waals surface area contributed by atoms with Crippen molar-refractivity contribution in [1.82, 2.24) is 4.57 Å². The molecule has 2 heterocycles. The normalized spacial score (nSPS) is 16.4. The first-order valence-corrected chi connectivity index (χ1v) is 9.64. The lowest BCUT2D eigenvalue weighted by molar-refractivity contribution is -0.113. The summed E-state index contributed by atoms with van der Waals surface area (Å²) < 4.78 is 3.46. The van der Waals surface area contributed by atoms with Crippen molar-refractivity contribution in [1.29, 1.82) is 0 Å². The largest absolute Gasteiger partial charge is 0.350 e. The Labute approximate surface area is 163 Å². The number of carbonyl (C=O) groups is 1. The first kappa shape index (κ1) is 16.6. The molecule has 3 aromatic rings. The molecule has 0 spiro atoms. The van der Waals surface area contributed by atoms with Crippen molar-refractivity contribution in [3.05, 3.63) is 69.7 Å². The number of anilines is 1. The molecular formula is C19H13BrN2OS2. The Kier molecular flexibility index (Phi) is 4.27. The van der Waals surface area contributed by atoms with Crippen LogP contribution in [0.25, 0.3) is 17.0 Å². The number of hydrogen-bond donors (Lipinski definition) is 0. The number of hydrogen-bond acceptors (Lipinski definition) is 3. The summed E-state index contributed by atoms with van der Waals surface area (Å²) in [4.78, 5) is 15.2. The summed E-state index contributed by atoms with van der Waals surface area (Å²) in [5, 5.41) is 1.12. The van der Waals surface area contributed by atoms with Crippen LogP contribution in [0.5, 0.6) is 0 Å². The Morgan fingerprint density at radius 1 is 1.12 bits per heavy atom. The number of benzene rings is 2. The Bertz CT molecular complexity index is 1050. The van der Waals surface area contributed by atoms with Crippen molar-refractivity contribution < 1.29 is 4.79 Å². The van der Waals surface area contributed by atoms with E-state index in [1.807, 2.05) is 55.7 Å². The van der Waals surface area contributed by atoms with Gasteiger partial charge in [-0.2, -0.15) is 0 Å². The first-order chi connectivity index (χ1) is 12.1. The summed E-state index contributed by atoms with van der Waals surface area (Å²) in [6.45, 7) is 0. The summed E-state index contributed by atoms with van der Waals surface area (Å²) in [6.07, 6.45) is 3.97. The number of aryl methyl sites for hydroxylation is 1. The number of thiocarbonyl (C=S) groups is 1. The zero-order chi connectivity index (χ0) is 17.6. The lowest BCUT2D eigenvalue weighted by atomic mass is 10.1. The molecule has 25 heavy (non-hydrogen) atoms. The minimum absolute atomic E-state index is 0.0881. The van der Waals surface area contributed by atoms with Crippen LogP contribution in [-0.4, -0.2) is 14.8 Å². The molecule has 0 N–H and O–H groups in total. The molecule has 0 aliphatic carbocycles. The van der Waals surface area contributed by atoms with Crippen molar-refractivity contribution in [3.63, 3.8) is 0 Å². The number of nitrogens with zero attached hydrogens (tertiary/aromatic N) is 2. The second-order valence-corrected chi connectivity index (χ2v) is 8.21. The van der Waals surface area contributed by atoms with Gasteiger partial charge in [-0.15, -0.1) is 0 Å². The molecule has 1 saturated heterocycles. The molecular weight excluding hydrogens is 416 g/mol. The van der Waals surface area contributed by atoms with Crippen LogP contribution in [0.15, 0.2) is 64.1 Å². The second kappa shape index (κ2) is 6.44. The average molecular weight is 429 g/mol. The van der Waals surface area contributed by atoms with Gasteiger partial charge in [0.05, 0.1) is 10.6 Å². The van der Waals surface area contributed by atoms with Gasteiger partial charge in [-0.05, 0) is 40.2 Å². The van der Waals surface area contributed by atoms with E-state index >= 15 is 0 Å². The van der Waals surface area contributed by atoms with Crippen molar-refractivity contribution >= 4 is 72.8 Å². The molecule has 2 aromatic carbocycles. The van der Waals surface area contributed by atoms with Crippen molar-refractivity contribution in [2.75, 3.05) is 4.90 Å². The summed E-state index contributed by atoms with van der Waals surface area (Å²) in [5.74, 6) is -0.0881. The predicted octanol–water partition coefficient (Wildman–Crippen LogP) is 5.35. The molecule has 4 rings (SSSR count). The van der Waals surface area contributed by atoms with Crippen LogP contribution in [0.1, 0.15) is 5.56 Å². The molecule has 0 atom stereocenters. The minimum Gasteiger partial charge on any atom is -0.350 e. The molecule has 0 radical (unpaired) electrons. The van der Waals surface area contributed by atoms with Crippen LogP contribution in [0, 0.1) is 0 Å². The van der Waals surface area contributed by atoms with E-state index < -0.39 is 0 Å². The lowest BCUT2D eigenvalue weighted by Crippen LogP contribution is -2.27. The van der Waals surface area contributed by atoms with Gasteiger partial charge in [-0.25, -0.2) is 0 Å². The fraction of sp³-hybridized carbons (Fsp3) is 0.0526. The van der Waals surface area contributed by atoms with Crippen LogP contribution in [0.3, 0.4) is 0 Å². The van der Waals surface area contributed by atoms with Crippen molar-refractivity contribution in [2.45, 2.75) is 0 Å². The molecule has 1 aliphatic heterocycles. The van der Waals surface area contributed by atoms with Gasteiger partial charge in [0, 0.05) is 34.2 Å². The first-order valence-electron chi connectivity index (χ1n) is 7.63. The van der Waals surface area contributed by atoms with E-state index in [4.69, 9.17) is 12.2 Å². The third-order valence-corrected chi connectivity index (χ3v) is 6.07. The second-order valence-electron chi connectivity index (χ2n) is 5.68. The van der Waals surface area contributed by atoms with E-state index in [9.17, 15) is 4.79 Å². The Hall–Kier alpha value is -1.89. The maximum atomic E-state index is 12.9. The average Bonchev–Trinajstić information content (AvgIpc) is 3.06. The molecule has 1 fully saturated rings. The molecule has 124 valence electrons. The topological polar surface area (TPSA) is 25.2 Å². The van der Waals surface area contributed by atoms with Gasteiger partial charge in [0.15, 0.2) is 4.32 Å². The predicted molar refractivity (Wildman–Crippen MR) is 113 cm³/mol. The van der Waals surface area contributed by atoms with Gasteiger partial charge in [0.2, 0.25) is 0 Å². The van der Waals surface area contributed by atoms with E-state index in [0.29, 0.717) is 9.23 Å². The number of carbonyl (C=O) groups excluding carboxylic acids is 1. The minimum atomic E-state index is -0.0881. The summed E-state index contributed by atoms with van der Waals surface area (Å²) in [5.41, 5.74) is 2.92. The maximum Gasteiger partial charge on any atom is 0.270 e. The number of rotatable bonds is 2. The third-order valence-electron chi connectivity index (χ3n) is 4.10. The van der Waals surface area contributed by atoms with Gasteiger partial charge in [-0.3, -0.25) is 9.69 Å². The highest BCUT2D eigenvalue weighted by molar-refractivity contribution is 9.10. The molecule has 1 aliphatic rings. The van der Waals surface area contributed by atoms with E-state index in [2.05, 4.69) is 32.6 Å². The van der Waals surface area contributed by atoms with E-state index in [-0.39, 0.29) is 5.91 Å². The molecule has 6 heteroatoms. The Morgan fingerprint density at radius 3 is 2.64 bits per heavy atom. The standard InChI is InChI=1S/C19H13BrN2OS2/c1-21-11-12(13-6-2-4-8-15(13)21)10-17-18(23)22(19(24)25-17)16-9-5-3-7-14(16)20/h2-11H,1H3. The van der Waals surface area contributed by atoms with Crippen molar-refractivity contribution in [2.24, 2.45) is 7.05 Å². The zero-order valence-electron chi connectivity index (χ0n) is 13.3. The molecule has 1 amide bonds. The number of fused-ring (bicyclic) bond motifs is 1. The van der Waals surface area contributed by atoms with Crippen LogP contribution in [-0.2, 0) is 11.8 Å². The van der Waals surface area contributed by atoms with Crippen molar-refractivity contribution in [3.8, 4) is 0 Å². The third kappa shape index (κ3) is 2.84. The monoisotopic (exact) mass is 428 g/mol. The number of aromatic nitrogens is 1. The zero-order valence-corrected chi connectivity index (χ0v) is 16.5. The summed E-state index contributed by atoms with van der Waals surface area (Å²) in [7, 11) is 2.01. The highest BCUT2D eigenvalue weighted by atomic mass is 79.9. The SMILES string of the molecule is Cn1cc(C=C2SC(=S)N(c3ccccc3Br)C2=O)c2ccccc21. The maximum absolute atomic E-state index is 12.9. The molecule has 0 saturated carbocycles. The quantitative estimate of drug-likeness (QED) is 0.406. The van der Waals surface area contributed by atoms with Gasteiger partial charge in [0.1, 0.15) is 0 Å². The highest BCUT2D eigenvalue weighted by Gasteiger charge is 2.34. The van der Waals surface area contributed by atoms with Crippen LogP contribution >= 0.6 is 39.9 Å². The number of thioether (sulfide) groups is 1. The molecule has 3 nitrogen and oxygen atoms in total. The summed E-state index contributed by atoms with van der Waals surface area (Å²) in [6, 6.07) is 15.8. The van der Waals surface area contributed by atoms with Gasteiger partial charge in [0.25, 0.3) is 5.91 Å². The molecule has 1 aromatic heterocycles. The Morgan fingerprint density at radius 2 is 1.84 bits per heavy atom. The smallest absolute Gasteiger partial charge is 0.270 e. The van der Waals surface area contributed by atoms with Gasteiger partial charge >= 0.3 is 0 Å². The van der Waals surface area contributed by atoms with E-state index in [1.165, 1.54) is 11.8 Å². The Balaban J connectivity index is 1.77. The highest BCUT2D eigenvalue weighted by Crippen LogP contribution is 2.39. The molecule has 0 unspecified atom stereocenters. The fourth-order valence-electron chi connectivity index (χ4n) is 2.94. The van der Waals surface area contributed by atoms with E-state index in [1.54, 1.807) is 4.90 Å². The van der Waals surface area contributed by atoms with Gasteiger partial charge < -0.3 is 4.57 Å². The van der Waals surface area contributed by atoms with Crippen LogP contribution < -0.4 is 4.90 Å². The molecule has 0 bridgehead atoms.